The highest BCUT2D eigenvalue weighted by atomic mass is 19.1. The number of amides is 1. The molecule has 5 rings (SSSR count). The number of nitrogens with zero attached hydrogens (tertiary/aromatic N) is 3. The number of carbonyl (C=O) groups is 1. The fourth-order valence-corrected chi connectivity index (χ4v) is 5.54. The maximum absolute atomic E-state index is 13.7. The third kappa shape index (κ3) is 3.91. The first-order chi connectivity index (χ1) is 15.5. The summed E-state index contributed by atoms with van der Waals surface area (Å²) in [5.41, 5.74) is 3.42. The van der Waals surface area contributed by atoms with Crippen molar-refractivity contribution < 1.29 is 13.9 Å². The van der Waals surface area contributed by atoms with Crippen LogP contribution in [0.5, 0.6) is 5.75 Å². The molecule has 0 saturated carbocycles. The van der Waals surface area contributed by atoms with Gasteiger partial charge in [0.25, 0.3) is 0 Å². The number of carbonyl (C=O) groups excluding carboxylic acids is 1. The van der Waals surface area contributed by atoms with Gasteiger partial charge >= 0.3 is 0 Å². The fourth-order valence-electron chi connectivity index (χ4n) is 5.54. The van der Waals surface area contributed by atoms with E-state index in [1.165, 1.54) is 23.4 Å². The van der Waals surface area contributed by atoms with Crippen LogP contribution in [-0.2, 0) is 11.2 Å². The molecule has 3 aliphatic rings. The average Bonchev–Trinajstić information content (AvgIpc) is 2.83. The van der Waals surface area contributed by atoms with E-state index < -0.39 is 0 Å². The normalized spacial score (nSPS) is 23.5. The van der Waals surface area contributed by atoms with Gasteiger partial charge in [-0.05, 0) is 61.1 Å². The monoisotopic (exact) mass is 437 g/mol. The topological polar surface area (TPSA) is 36.0 Å². The van der Waals surface area contributed by atoms with E-state index in [0.717, 1.165) is 63.4 Å². The van der Waals surface area contributed by atoms with Crippen molar-refractivity contribution in [1.82, 2.24) is 4.90 Å². The van der Waals surface area contributed by atoms with Gasteiger partial charge in [0.15, 0.2) is 0 Å². The number of methoxy groups -OCH3 is 1. The smallest absolute Gasteiger partial charge is 0.228 e. The molecule has 0 spiro atoms. The zero-order valence-electron chi connectivity index (χ0n) is 19.0. The van der Waals surface area contributed by atoms with Gasteiger partial charge in [-0.3, -0.25) is 4.79 Å². The quantitative estimate of drug-likeness (QED) is 0.728. The molecule has 0 aromatic heterocycles. The van der Waals surface area contributed by atoms with Gasteiger partial charge in [0.05, 0.1) is 19.1 Å². The van der Waals surface area contributed by atoms with Gasteiger partial charge in [-0.1, -0.05) is 13.0 Å². The summed E-state index contributed by atoms with van der Waals surface area (Å²) < 4.78 is 19.0. The molecule has 2 aromatic carbocycles. The lowest BCUT2D eigenvalue weighted by molar-refractivity contribution is -0.137. The van der Waals surface area contributed by atoms with Crippen molar-refractivity contribution in [2.24, 2.45) is 11.8 Å². The van der Waals surface area contributed by atoms with Crippen molar-refractivity contribution in [3.8, 4) is 5.75 Å². The van der Waals surface area contributed by atoms with E-state index >= 15 is 0 Å². The maximum Gasteiger partial charge on any atom is 0.228 e. The molecule has 0 radical (unpaired) electrons. The number of benzene rings is 2. The van der Waals surface area contributed by atoms with E-state index in [9.17, 15) is 9.18 Å². The van der Waals surface area contributed by atoms with Crippen molar-refractivity contribution in [3.63, 3.8) is 0 Å². The molecular weight excluding hydrogens is 405 g/mol. The van der Waals surface area contributed by atoms with Crippen LogP contribution in [0.1, 0.15) is 25.3 Å². The molecule has 0 aliphatic carbocycles. The number of fused-ring (bicyclic) bond motifs is 3. The Balaban J connectivity index is 1.46. The summed E-state index contributed by atoms with van der Waals surface area (Å²) in [7, 11) is 1.69. The van der Waals surface area contributed by atoms with Gasteiger partial charge in [-0.2, -0.15) is 0 Å². The number of hydrogen-bond donors (Lipinski definition) is 0. The van der Waals surface area contributed by atoms with Gasteiger partial charge < -0.3 is 19.4 Å². The first-order valence-electron chi connectivity index (χ1n) is 11.8. The molecule has 2 unspecified atom stereocenters. The third-order valence-corrected chi connectivity index (χ3v) is 7.53. The molecule has 3 heterocycles. The molecular formula is C26H32FN3O2. The second-order valence-corrected chi connectivity index (χ2v) is 9.50. The summed E-state index contributed by atoms with van der Waals surface area (Å²) in [4.78, 5) is 20.5. The summed E-state index contributed by atoms with van der Waals surface area (Å²) in [6.07, 6.45) is 2.92. The van der Waals surface area contributed by atoms with Crippen molar-refractivity contribution in [2.45, 2.75) is 32.2 Å². The van der Waals surface area contributed by atoms with Crippen LogP contribution in [0.2, 0.25) is 0 Å². The highest BCUT2D eigenvalue weighted by Crippen LogP contribution is 2.39. The zero-order valence-corrected chi connectivity index (χ0v) is 19.0. The molecule has 2 aromatic rings. The lowest BCUT2D eigenvalue weighted by Gasteiger charge is -2.50. The second kappa shape index (κ2) is 8.64. The molecule has 2 atom stereocenters. The summed E-state index contributed by atoms with van der Waals surface area (Å²) >= 11 is 0. The van der Waals surface area contributed by atoms with Crippen LogP contribution in [0, 0.1) is 17.7 Å². The van der Waals surface area contributed by atoms with Crippen LogP contribution >= 0.6 is 0 Å². The Bertz CT molecular complexity index is 972. The number of ether oxygens (including phenoxy) is 1. The van der Waals surface area contributed by atoms with Crippen molar-refractivity contribution in [3.05, 3.63) is 53.8 Å². The van der Waals surface area contributed by atoms with Gasteiger partial charge in [0.1, 0.15) is 11.6 Å². The van der Waals surface area contributed by atoms with Gasteiger partial charge in [-0.15, -0.1) is 0 Å². The lowest BCUT2D eigenvalue weighted by atomic mass is 9.82. The number of rotatable bonds is 3. The lowest BCUT2D eigenvalue weighted by Crippen LogP contribution is -2.61. The van der Waals surface area contributed by atoms with Crippen molar-refractivity contribution >= 4 is 17.3 Å². The number of hydrogen-bond acceptors (Lipinski definition) is 4. The Morgan fingerprint density at radius 2 is 1.78 bits per heavy atom. The van der Waals surface area contributed by atoms with E-state index in [1.54, 1.807) is 7.11 Å². The SMILES string of the molecule is COc1ccc2c(c1)N1CCN(c3ccc(F)cc3)CC1C(C(=O)N1CCC(C)CC1)C2. The largest absolute Gasteiger partial charge is 0.497 e. The molecule has 170 valence electrons. The minimum atomic E-state index is -0.224. The van der Waals surface area contributed by atoms with Gasteiger partial charge in [-0.25, -0.2) is 4.39 Å². The molecule has 1 amide bonds. The first-order valence-corrected chi connectivity index (χ1v) is 11.8. The highest BCUT2D eigenvalue weighted by Gasteiger charge is 2.43. The van der Waals surface area contributed by atoms with Gasteiger partial charge in [0.2, 0.25) is 5.91 Å². The predicted molar refractivity (Wildman–Crippen MR) is 125 cm³/mol. The Morgan fingerprint density at radius 3 is 2.50 bits per heavy atom. The minimum Gasteiger partial charge on any atom is -0.497 e. The van der Waals surface area contributed by atoms with Crippen LogP contribution in [0.25, 0.3) is 0 Å². The first kappa shape index (κ1) is 21.1. The summed E-state index contributed by atoms with van der Waals surface area (Å²) in [6.45, 7) is 6.41. The van der Waals surface area contributed by atoms with Crippen molar-refractivity contribution in [2.75, 3.05) is 49.6 Å². The number of piperazine rings is 1. The van der Waals surface area contributed by atoms with Crippen LogP contribution in [0.3, 0.4) is 0 Å². The molecule has 2 fully saturated rings. The van der Waals surface area contributed by atoms with E-state index in [-0.39, 0.29) is 23.7 Å². The molecule has 2 saturated heterocycles. The summed E-state index contributed by atoms with van der Waals surface area (Å²) in [5.74, 6) is 1.53. The van der Waals surface area contributed by atoms with Gasteiger partial charge in [0, 0.05) is 50.2 Å². The van der Waals surface area contributed by atoms with E-state index in [4.69, 9.17) is 4.74 Å². The van der Waals surface area contributed by atoms with Crippen LogP contribution in [0.15, 0.2) is 42.5 Å². The number of anilines is 2. The summed E-state index contributed by atoms with van der Waals surface area (Å²) in [6, 6.07) is 13.0. The molecule has 6 heteroatoms. The maximum atomic E-state index is 13.7. The molecule has 3 aliphatic heterocycles. The Kier molecular flexibility index (Phi) is 5.70. The predicted octanol–water partition coefficient (Wildman–Crippen LogP) is 3.96. The molecule has 0 bridgehead atoms. The van der Waals surface area contributed by atoms with E-state index in [2.05, 4.69) is 33.8 Å². The van der Waals surface area contributed by atoms with E-state index in [0.29, 0.717) is 5.92 Å². The zero-order chi connectivity index (χ0) is 22.2. The fraction of sp³-hybridized carbons (Fsp3) is 0.500. The Hall–Kier alpha value is -2.76. The van der Waals surface area contributed by atoms with Crippen molar-refractivity contribution in [1.29, 1.82) is 0 Å². The highest BCUT2D eigenvalue weighted by molar-refractivity contribution is 5.83. The molecule has 0 N–H and O–H groups in total. The third-order valence-electron chi connectivity index (χ3n) is 7.53. The molecule has 5 nitrogen and oxygen atoms in total. The van der Waals surface area contributed by atoms with Crippen LogP contribution in [0.4, 0.5) is 15.8 Å². The standard InChI is InChI=1S/C26H32FN3O2/c1-18-9-11-28(12-10-18)26(31)23-15-19-3-8-22(32-2)16-24(19)30-14-13-29(17-25(23)30)21-6-4-20(27)5-7-21/h3-8,16,18,23,25H,9-15,17H2,1-2H3. The number of halogens is 1. The average molecular weight is 438 g/mol. The van der Waals surface area contributed by atoms with Crippen LogP contribution in [-0.4, -0.2) is 56.7 Å². The van der Waals surface area contributed by atoms with Crippen LogP contribution < -0.4 is 14.5 Å². The second-order valence-electron chi connectivity index (χ2n) is 9.50. The minimum absolute atomic E-state index is 0.0763. The molecule has 32 heavy (non-hydrogen) atoms. The number of piperidine rings is 1. The Morgan fingerprint density at radius 1 is 1.03 bits per heavy atom. The Labute approximate surface area is 189 Å². The van der Waals surface area contributed by atoms with E-state index in [1.807, 2.05) is 18.2 Å². The summed E-state index contributed by atoms with van der Waals surface area (Å²) in [5, 5.41) is 0. The number of likely N-dealkylation sites (tertiary alicyclic amines) is 1.